The number of rotatable bonds is 4. The third-order valence-electron chi connectivity index (χ3n) is 2.96. The molecule has 0 aromatic rings. The highest BCUT2D eigenvalue weighted by Gasteiger charge is 2.29. The summed E-state index contributed by atoms with van der Waals surface area (Å²) in [6.07, 6.45) is 4.06. The van der Waals surface area contributed by atoms with E-state index in [4.69, 9.17) is 10.5 Å². The summed E-state index contributed by atoms with van der Waals surface area (Å²) in [6.45, 7) is 1.32. The predicted molar refractivity (Wildman–Crippen MR) is 52.7 cm³/mol. The van der Waals surface area contributed by atoms with Gasteiger partial charge in [0.2, 0.25) is 5.91 Å². The fraction of sp³-hybridized carbons (Fsp3) is 0.900. The molecule has 2 rings (SSSR count). The van der Waals surface area contributed by atoms with Crippen molar-refractivity contribution in [3.05, 3.63) is 0 Å². The highest BCUT2D eigenvalue weighted by atomic mass is 16.5. The van der Waals surface area contributed by atoms with Gasteiger partial charge in [-0.1, -0.05) is 0 Å². The maximum absolute atomic E-state index is 11.5. The molecule has 2 aliphatic rings. The summed E-state index contributed by atoms with van der Waals surface area (Å²) in [6, 6.07) is 0.139. The highest BCUT2D eigenvalue weighted by Crippen LogP contribution is 2.31. The molecule has 1 saturated carbocycles. The molecule has 1 saturated heterocycles. The zero-order chi connectivity index (χ0) is 9.97. The molecule has 1 amide bonds. The first-order valence-electron chi connectivity index (χ1n) is 5.42. The monoisotopic (exact) mass is 198 g/mol. The van der Waals surface area contributed by atoms with Gasteiger partial charge in [-0.15, -0.1) is 0 Å². The molecule has 2 unspecified atom stereocenters. The molecule has 3 N–H and O–H groups in total. The molecule has 0 bridgehead atoms. The van der Waals surface area contributed by atoms with Crippen LogP contribution in [-0.2, 0) is 9.53 Å². The molecular weight excluding hydrogens is 180 g/mol. The van der Waals surface area contributed by atoms with Crippen LogP contribution in [0.25, 0.3) is 0 Å². The van der Waals surface area contributed by atoms with Gasteiger partial charge in [-0.2, -0.15) is 0 Å². The lowest BCUT2D eigenvalue weighted by Crippen LogP contribution is -2.42. The number of carbonyl (C=O) groups excluding carboxylic acids is 1. The lowest BCUT2D eigenvalue weighted by molar-refractivity contribution is -0.130. The van der Waals surface area contributed by atoms with Gasteiger partial charge in [0.25, 0.3) is 0 Å². The van der Waals surface area contributed by atoms with E-state index in [0.29, 0.717) is 19.1 Å². The summed E-state index contributed by atoms with van der Waals surface area (Å²) >= 11 is 0. The average molecular weight is 198 g/mol. The number of hydrogen-bond acceptors (Lipinski definition) is 3. The van der Waals surface area contributed by atoms with E-state index in [2.05, 4.69) is 5.32 Å². The van der Waals surface area contributed by atoms with Crippen LogP contribution in [-0.4, -0.2) is 31.2 Å². The van der Waals surface area contributed by atoms with Crippen LogP contribution in [0.1, 0.15) is 25.7 Å². The van der Waals surface area contributed by atoms with Gasteiger partial charge < -0.3 is 15.8 Å². The lowest BCUT2D eigenvalue weighted by atomic mass is 10.2. The molecule has 4 heteroatoms. The van der Waals surface area contributed by atoms with Crippen LogP contribution in [0.4, 0.5) is 0 Å². The largest absolute Gasteiger partial charge is 0.368 e. The zero-order valence-electron chi connectivity index (χ0n) is 8.37. The van der Waals surface area contributed by atoms with Crippen LogP contribution in [0, 0.1) is 5.92 Å². The smallest absolute Gasteiger partial charge is 0.249 e. The van der Waals surface area contributed by atoms with E-state index in [-0.39, 0.29) is 18.1 Å². The van der Waals surface area contributed by atoms with Gasteiger partial charge in [-0.05, 0) is 31.6 Å². The Balaban J connectivity index is 1.66. The van der Waals surface area contributed by atoms with E-state index in [1.165, 1.54) is 12.8 Å². The van der Waals surface area contributed by atoms with Crippen LogP contribution in [0.5, 0.6) is 0 Å². The van der Waals surface area contributed by atoms with Crippen molar-refractivity contribution >= 4 is 5.91 Å². The summed E-state index contributed by atoms with van der Waals surface area (Å²) in [5.41, 5.74) is 5.87. The van der Waals surface area contributed by atoms with E-state index in [9.17, 15) is 4.79 Å². The fourth-order valence-corrected chi connectivity index (χ4v) is 1.81. The van der Waals surface area contributed by atoms with Gasteiger partial charge in [0.1, 0.15) is 6.10 Å². The van der Waals surface area contributed by atoms with Crippen LogP contribution in [0.2, 0.25) is 0 Å². The first-order valence-corrected chi connectivity index (χ1v) is 5.42. The van der Waals surface area contributed by atoms with Gasteiger partial charge in [0, 0.05) is 19.2 Å². The molecule has 4 nitrogen and oxygen atoms in total. The molecule has 0 radical (unpaired) electrons. The van der Waals surface area contributed by atoms with Gasteiger partial charge in [-0.3, -0.25) is 4.79 Å². The van der Waals surface area contributed by atoms with Gasteiger partial charge in [0.15, 0.2) is 0 Å². The van der Waals surface area contributed by atoms with E-state index in [1.54, 1.807) is 0 Å². The summed E-state index contributed by atoms with van der Waals surface area (Å²) in [5.74, 6) is 0.651. The Morgan fingerprint density at radius 1 is 1.50 bits per heavy atom. The van der Waals surface area contributed by atoms with Crippen molar-refractivity contribution in [1.82, 2.24) is 5.32 Å². The van der Waals surface area contributed by atoms with Crippen LogP contribution < -0.4 is 11.1 Å². The Labute approximate surface area is 84.2 Å². The average Bonchev–Trinajstić information content (AvgIpc) is 2.90. The second-order valence-corrected chi connectivity index (χ2v) is 4.25. The number of ether oxygens (including phenoxy) is 1. The number of hydrogen-bond donors (Lipinski definition) is 2. The summed E-state index contributed by atoms with van der Waals surface area (Å²) in [7, 11) is 0. The molecule has 1 aliphatic heterocycles. The Morgan fingerprint density at radius 3 is 2.86 bits per heavy atom. The van der Waals surface area contributed by atoms with E-state index in [1.807, 2.05) is 0 Å². The van der Waals surface area contributed by atoms with E-state index in [0.717, 1.165) is 12.8 Å². The molecule has 1 heterocycles. The zero-order valence-corrected chi connectivity index (χ0v) is 8.37. The van der Waals surface area contributed by atoms with Crippen LogP contribution in [0.15, 0.2) is 0 Å². The molecule has 2 fully saturated rings. The first-order chi connectivity index (χ1) is 6.77. The molecule has 0 aromatic carbocycles. The quantitative estimate of drug-likeness (QED) is 0.669. The number of nitrogens with two attached hydrogens (primary N) is 1. The number of nitrogens with one attached hydrogen (secondary N) is 1. The Kier molecular flexibility index (Phi) is 3.03. The van der Waals surface area contributed by atoms with Crippen molar-refractivity contribution in [2.24, 2.45) is 11.7 Å². The van der Waals surface area contributed by atoms with Crippen molar-refractivity contribution in [3.8, 4) is 0 Å². The Morgan fingerprint density at radius 2 is 2.29 bits per heavy atom. The third kappa shape index (κ3) is 2.45. The molecular formula is C10H18N2O2. The van der Waals surface area contributed by atoms with Crippen molar-refractivity contribution in [2.45, 2.75) is 37.8 Å². The lowest BCUT2D eigenvalue weighted by Gasteiger charge is -2.14. The Bertz CT molecular complexity index is 210. The normalized spacial score (nSPS) is 28.8. The minimum atomic E-state index is -0.221. The molecule has 14 heavy (non-hydrogen) atoms. The molecule has 1 aliphatic carbocycles. The second kappa shape index (κ2) is 4.28. The molecule has 80 valence electrons. The van der Waals surface area contributed by atoms with Crippen LogP contribution >= 0.6 is 0 Å². The standard InChI is InChI=1S/C10H18N2O2/c11-8(7-3-4-7)6-12-10(13)9-2-1-5-14-9/h7-9H,1-6,11H2,(H,12,13). The molecule has 2 atom stereocenters. The highest BCUT2D eigenvalue weighted by molar-refractivity contribution is 5.80. The fourth-order valence-electron chi connectivity index (χ4n) is 1.81. The number of carbonyl (C=O) groups is 1. The van der Waals surface area contributed by atoms with Gasteiger partial charge in [-0.25, -0.2) is 0 Å². The second-order valence-electron chi connectivity index (χ2n) is 4.25. The Hall–Kier alpha value is -0.610. The van der Waals surface area contributed by atoms with Crippen molar-refractivity contribution in [2.75, 3.05) is 13.2 Å². The van der Waals surface area contributed by atoms with Crippen molar-refractivity contribution in [3.63, 3.8) is 0 Å². The summed E-state index contributed by atoms with van der Waals surface area (Å²) in [4.78, 5) is 11.5. The molecule has 0 aromatic heterocycles. The SMILES string of the molecule is NC(CNC(=O)C1CCCO1)C1CC1. The first kappa shape index (κ1) is 9.93. The summed E-state index contributed by atoms with van der Waals surface area (Å²) < 4.78 is 5.27. The number of amides is 1. The topological polar surface area (TPSA) is 64.3 Å². The minimum absolute atomic E-state index is 0.0126. The van der Waals surface area contributed by atoms with Crippen molar-refractivity contribution < 1.29 is 9.53 Å². The third-order valence-corrected chi connectivity index (χ3v) is 2.96. The van der Waals surface area contributed by atoms with Gasteiger partial charge >= 0.3 is 0 Å². The maximum atomic E-state index is 11.5. The molecule has 0 spiro atoms. The minimum Gasteiger partial charge on any atom is -0.368 e. The van der Waals surface area contributed by atoms with E-state index < -0.39 is 0 Å². The van der Waals surface area contributed by atoms with Crippen molar-refractivity contribution in [1.29, 1.82) is 0 Å². The predicted octanol–water partition coefficient (Wildman–Crippen LogP) is 0.0189. The van der Waals surface area contributed by atoms with E-state index >= 15 is 0 Å². The van der Waals surface area contributed by atoms with Crippen LogP contribution in [0.3, 0.4) is 0 Å². The summed E-state index contributed by atoms with van der Waals surface area (Å²) in [5, 5.41) is 2.86. The maximum Gasteiger partial charge on any atom is 0.249 e. The van der Waals surface area contributed by atoms with Gasteiger partial charge in [0.05, 0.1) is 0 Å².